The third kappa shape index (κ3) is 1.63. The van der Waals surface area contributed by atoms with Gasteiger partial charge in [0.1, 0.15) is 0 Å². The van der Waals surface area contributed by atoms with Crippen molar-refractivity contribution in [2.24, 2.45) is 5.92 Å². The Hall–Kier alpha value is -0.510. The van der Waals surface area contributed by atoms with Gasteiger partial charge in [0.15, 0.2) is 0 Å². The summed E-state index contributed by atoms with van der Waals surface area (Å²) in [6.45, 7) is 4.74. The molecule has 0 fully saturated rings. The Labute approximate surface area is 74.4 Å². The Balaban J connectivity index is 2.97. The predicted octanol–water partition coefficient (Wildman–Crippen LogP) is 3.20. The third-order valence-electron chi connectivity index (χ3n) is 1.67. The fraction of sp³-hybridized carbons (Fsp3) is 0.625. The Morgan fingerprint density at radius 2 is 2.08 bits per heavy atom. The van der Waals surface area contributed by atoms with E-state index < -0.39 is 11.8 Å². The Kier molecular flexibility index (Phi) is 2.46. The van der Waals surface area contributed by atoms with E-state index in [2.05, 4.69) is 4.98 Å². The number of halogens is 2. The van der Waals surface area contributed by atoms with Crippen LogP contribution in [-0.4, -0.2) is 4.98 Å². The van der Waals surface area contributed by atoms with E-state index in [-0.39, 0.29) is 4.88 Å². The van der Waals surface area contributed by atoms with Crippen LogP contribution in [0.25, 0.3) is 0 Å². The minimum atomic E-state index is -2.73. The molecule has 0 N–H and O–H groups in total. The predicted molar refractivity (Wildman–Crippen MR) is 45.6 cm³/mol. The molecule has 0 aliphatic rings. The maximum Gasteiger partial charge on any atom is 0.285 e. The molecule has 0 aliphatic heterocycles. The molecule has 1 aromatic rings. The van der Waals surface area contributed by atoms with E-state index in [1.54, 1.807) is 6.92 Å². The van der Waals surface area contributed by atoms with Crippen molar-refractivity contribution in [3.8, 4) is 0 Å². The molecule has 4 heteroatoms. The second-order valence-corrected chi connectivity index (χ2v) is 4.26. The zero-order chi connectivity index (χ0) is 9.35. The molecule has 0 aromatic carbocycles. The zero-order valence-electron chi connectivity index (χ0n) is 7.27. The number of aryl methyl sites for hydroxylation is 1. The summed E-state index contributed by atoms with van der Waals surface area (Å²) >= 11 is 1.06. The summed E-state index contributed by atoms with van der Waals surface area (Å²) in [4.78, 5) is 3.87. The van der Waals surface area contributed by atoms with Crippen LogP contribution in [0.3, 0.4) is 0 Å². The van der Waals surface area contributed by atoms with Gasteiger partial charge in [-0.3, -0.25) is 0 Å². The first-order valence-electron chi connectivity index (χ1n) is 3.75. The van der Waals surface area contributed by atoms with E-state index in [1.807, 2.05) is 0 Å². The molecule has 68 valence electrons. The molecule has 0 atom stereocenters. The Bertz CT molecular complexity index is 268. The minimum absolute atomic E-state index is 0.0648. The van der Waals surface area contributed by atoms with Gasteiger partial charge in [-0.25, -0.2) is 13.8 Å². The first-order valence-corrected chi connectivity index (χ1v) is 4.57. The summed E-state index contributed by atoms with van der Waals surface area (Å²) in [5, 5.41) is 0.685. The SMILES string of the molecule is Cc1ncc(C(F)(F)C(C)C)s1. The number of nitrogens with zero attached hydrogens (tertiary/aromatic N) is 1. The summed E-state index contributed by atoms with van der Waals surface area (Å²) in [5.41, 5.74) is 0. The highest BCUT2D eigenvalue weighted by Crippen LogP contribution is 2.38. The normalized spacial score (nSPS) is 12.5. The van der Waals surface area contributed by atoms with Crippen molar-refractivity contribution < 1.29 is 8.78 Å². The number of alkyl halides is 2. The van der Waals surface area contributed by atoms with Crippen LogP contribution in [-0.2, 0) is 5.92 Å². The van der Waals surface area contributed by atoms with E-state index in [0.717, 1.165) is 11.3 Å². The van der Waals surface area contributed by atoms with Gasteiger partial charge < -0.3 is 0 Å². The molecule has 1 nitrogen and oxygen atoms in total. The van der Waals surface area contributed by atoms with Crippen LogP contribution < -0.4 is 0 Å². The smallest absolute Gasteiger partial charge is 0.249 e. The molecule has 1 aromatic heterocycles. The van der Waals surface area contributed by atoms with E-state index in [9.17, 15) is 8.78 Å². The van der Waals surface area contributed by atoms with E-state index in [0.29, 0.717) is 5.01 Å². The molecule has 12 heavy (non-hydrogen) atoms. The average Bonchev–Trinajstić information content (AvgIpc) is 2.35. The van der Waals surface area contributed by atoms with Crippen molar-refractivity contribution in [2.75, 3.05) is 0 Å². The second kappa shape index (κ2) is 3.09. The van der Waals surface area contributed by atoms with E-state index in [4.69, 9.17) is 0 Å². The maximum absolute atomic E-state index is 13.3. The molecule has 0 bridgehead atoms. The highest BCUT2D eigenvalue weighted by Gasteiger charge is 2.37. The van der Waals surface area contributed by atoms with E-state index in [1.165, 1.54) is 20.0 Å². The van der Waals surface area contributed by atoms with Gasteiger partial charge in [0.05, 0.1) is 9.88 Å². The van der Waals surface area contributed by atoms with Crippen molar-refractivity contribution >= 4 is 11.3 Å². The molecule has 0 aliphatic carbocycles. The molecule has 0 unspecified atom stereocenters. The lowest BCUT2D eigenvalue weighted by atomic mass is 10.1. The number of hydrogen-bond acceptors (Lipinski definition) is 2. The molecule has 0 radical (unpaired) electrons. The third-order valence-corrected chi connectivity index (χ3v) is 2.67. The first kappa shape index (κ1) is 9.58. The standard InChI is InChI=1S/C8H11F2NS/c1-5(2)8(9,10)7-4-11-6(3)12-7/h4-5H,1-3H3. The molecular weight excluding hydrogens is 180 g/mol. The quantitative estimate of drug-likeness (QED) is 0.699. The Morgan fingerprint density at radius 1 is 1.50 bits per heavy atom. The number of hydrogen-bond donors (Lipinski definition) is 0. The lowest BCUT2D eigenvalue weighted by molar-refractivity contribution is -0.0479. The van der Waals surface area contributed by atoms with Gasteiger partial charge in [0.25, 0.3) is 5.92 Å². The monoisotopic (exact) mass is 191 g/mol. The molecule has 0 saturated carbocycles. The molecule has 0 saturated heterocycles. The molecule has 0 amide bonds. The van der Waals surface area contributed by atoms with Gasteiger partial charge in [-0.15, -0.1) is 11.3 Å². The summed E-state index contributed by atoms with van der Waals surface area (Å²) < 4.78 is 26.5. The van der Waals surface area contributed by atoms with Gasteiger partial charge in [-0.1, -0.05) is 13.8 Å². The summed E-state index contributed by atoms with van der Waals surface area (Å²) in [6, 6.07) is 0. The van der Waals surface area contributed by atoms with Crippen LogP contribution in [0, 0.1) is 12.8 Å². The first-order chi connectivity index (χ1) is 5.44. The number of thiazole rings is 1. The maximum atomic E-state index is 13.3. The van der Waals surface area contributed by atoms with Crippen LogP contribution in [0.1, 0.15) is 23.7 Å². The average molecular weight is 191 g/mol. The molecule has 0 spiro atoms. The van der Waals surface area contributed by atoms with Crippen LogP contribution >= 0.6 is 11.3 Å². The second-order valence-electron chi connectivity index (χ2n) is 3.02. The van der Waals surface area contributed by atoms with Crippen molar-refractivity contribution in [1.29, 1.82) is 0 Å². The lowest BCUT2D eigenvalue weighted by Crippen LogP contribution is -2.19. The van der Waals surface area contributed by atoms with Gasteiger partial charge in [-0.05, 0) is 6.92 Å². The fourth-order valence-corrected chi connectivity index (χ4v) is 1.70. The lowest BCUT2D eigenvalue weighted by Gasteiger charge is -2.17. The van der Waals surface area contributed by atoms with Gasteiger partial charge in [-0.2, -0.15) is 0 Å². The topological polar surface area (TPSA) is 12.9 Å². The largest absolute Gasteiger partial charge is 0.285 e. The molecular formula is C8H11F2NS. The summed E-state index contributed by atoms with van der Waals surface area (Å²) in [5.74, 6) is -3.40. The van der Waals surface area contributed by atoms with Gasteiger partial charge in [0, 0.05) is 12.1 Å². The van der Waals surface area contributed by atoms with Crippen molar-refractivity contribution in [1.82, 2.24) is 4.98 Å². The van der Waals surface area contributed by atoms with Crippen LogP contribution in [0.5, 0.6) is 0 Å². The highest BCUT2D eigenvalue weighted by molar-refractivity contribution is 7.11. The molecule has 1 rings (SSSR count). The summed E-state index contributed by atoms with van der Waals surface area (Å²) in [6.07, 6.45) is 1.26. The number of aromatic nitrogens is 1. The van der Waals surface area contributed by atoms with Gasteiger partial charge >= 0.3 is 0 Å². The Morgan fingerprint density at radius 3 is 2.42 bits per heavy atom. The highest BCUT2D eigenvalue weighted by atomic mass is 32.1. The number of rotatable bonds is 2. The molecule has 1 heterocycles. The minimum Gasteiger partial charge on any atom is -0.249 e. The van der Waals surface area contributed by atoms with Crippen LogP contribution in [0.2, 0.25) is 0 Å². The van der Waals surface area contributed by atoms with Crippen molar-refractivity contribution in [3.63, 3.8) is 0 Å². The van der Waals surface area contributed by atoms with Crippen LogP contribution in [0.4, 0.5) is 8.78 Å². The van der Waals surface area contributed by atoms with Crippen molar-refractivity contribution in [2.45, 2.75) is 26.7 Å². The summed E-state index contributed by atoms with van der Waals surface area (Å²) in [7, 11) is 0. The van der Waals surface area contributed by atoms with Crippen molar-refractivity contribution in [3.05, 3.63) is 16.1 Å². The van der Waals surface area contributed by atoms with E-state index >= 15 is 0 Å². The van der Waals surface area contributed by atoms with Gasteiger partial charge in [0.2, 0.25) is 0 Å². The zero-order valence-corrected chi connectivity index (χ0v) is 8.08. The van der Waals surface area contributed by atoms with Crippen LogP contribution in [0.15, 0.2) is 6.20 Å². The fourth-order valence-electron chi connectivity index (χ4n) is 0.800.